The van der Waals surface area contributed by atoms with E-state index in [2.05, 4.69) is 16.7 Å². The molecule has 1 aliphatic carbocycles. The van der Waals surface area contributed by atoms with Crippen molar-refractivity contribution in [3.63, 3.8) is 0 Å². The summed E-state index contributed by atoms with van der Waals surface area (Å²) in [4.78, 5) is 25.6. The van der Waals surface area contributed by atoms with Crippen LogP contribution in [-0.2, 0) is 9.53 Å². The zero-order chi connectivity index (χ0) is 21.3. The largest absolute Gasteiger partial charge is 0.451 e. The van der Waals surface area contributed by atoms with Crippen LogP contribution in [0.15, 0.2) is 40.8 Å². The number of carbonyl (C=O) groups excluding carboxylic acids is 2. The molecule has 0 bridgehead atoms. The second kappa shape index (κ2) is 10.6. The van der Waals surface area contributed by atoms with Gasteiger partial charge in [-0.3, -0.25) is 9.59 Å². The molecule has 1 aromatic heterocycles. The fourth-order valence-electron chi connectivity index (χ4n) is 3.79. The Labute approximate surface area is 176 Å². The topological polar surface area (TPSA) is 104 Å². The molecule has 0 aliphatic heterocycles. The molecular weight excluding hydrogens is 382 g/mol. The minimum atomic E-state index is -0.599. The third-order valence-corrected chi connectivity index (χ3v) is 5.42. The van der Waals surface area contributed by atoms with Crippen LogP contribution in [0.3, 0.4) is 0 Å². The Bertz CT molecular complexity index is 892. The van der Waals surface area contributed by atoms with Gasteiger partial charge in [0.15, 0.2) is 5.76 Å². The van der Waals surface area contributed by atoms with E-state index in [4.69, 9.17) is 14.4 Å². The number of hydrogen-bond acceptors (Lipinski definition) is 5. The van der Waals surface area contributed by atoms with E-state index < -0.39 is 11.9 Å². The molecule has 0 spiro atoms. The summed E-state index contributed by atoms with van der Waals surface area (Å²) in [7, 11) is 1.58. The molecule has 0 saturated heterocycles. The molecule has 1 fully saturated rings. The van der Waals surface area contributed by atoms with Crippen molar-refractivity contribution in [2.45, 2.75) is 38.1 Å². The number of nitriles is 1. The maximum Gasteiger partial charge on any atom is 0.287 e. The van der Waals surface area contributed by atoms with Crippen molar-refractivity contribution in [3.8, 4) is 17.4 Å². The molecule has 1 unspecified atom stereocenters. The van der Waals surface area contributed by atoms with Gasteiger partial charge in [-0.15, -0.1) is 0 Å². The molecule has 1 aliphatic rings. The maximum absolute atomic E-state index is 12.8. The number of hydrogen-bond donors (Lipinski definition) is 2. The quantitative estimate of drug-likeness (QED) is 0.651. The highest BCUT2D eigenvalue weighted by Gasteiger charge is 2.31. The van der Waals surface area contributed by atoms with Crippen molar-refractivity contribution in [2.75, 3.05) is 20.3 Å². The van der Waals surface area contributed by atoms with E-state index in [-0.39, 0.29) is 17.6 Å². The Morgan fingerprint density at radius 2 is 1.90 bits per heavy atom. The molecule has 7 nitrogen and oxygen atoms in total. The van der Waals surface area contributed by atoms with E-state index >= 15 is 0 Å². The maximum atomic E-state index is 12.8. The van der Waals surface area contributed by atoms with E-state index in [0.29, 0.717) is 24.5 Å². The number of nitrogens with zero attached hydrogens (tertiary/aromatic N) is 1. The first-order valence-corrected chi connectivity index (χ1v) is 10.3. The Hall–Kier alpha value is -3.11. The van der Waals surface area contributed by atoms with Crippen LogP contribution in [0.1, 0.15) is 48.2 Å². The second-order valence-corrected chi connectivity index (χ2v) is 7.49. The van der Waals surface area contributed by atoms with Crippen LogP contribution in [-0.4, -0.2) is 38.1 Å². The zero-order valence-corrected chi connectivity index (χ0v) is 17.1. The van der Waals surface area contributed by atoms with Crippen LogP contribution in [0.5, 0.6) is 0 Å². The standard InChI is InChI=1S/C23H27N3O4/c1-29-14-13-25-23(28)21(18-5-3-2-4-6-18)26-22(27)20-12-11-19(30-20)17-9-7-16(15-24)8-10-17/h7-12,18,21H,2-6,13-14H2,1H3,(H,25,28)(H,26,27). The molecular formula is C23H27N3O4. The minimum absolute atomic E-state index is 0.109. The summed E-state index contributed by atoms with van der Waals surface area (Å²) in [6.45, 7) is 0.821. The third-order valence-electron chi connectivity index (χ3n) is 5.42. The number of ether oxygens (including phenoxy) is 1. The van der Waals surface area contributed by atoms with Gasteiger partial charge < -0.3 is 19.8 Å². The van der Waals surface area contributed by atoms with Crippen LogP contribution >= 0.6 is 0 Å². The first-order chi connectivity index (χ1) is 14.6. The molecule has 7 heteroatoms. The second-order valence-electron chi connectivity index (χ2n) is 7.49. The van der Waals surface area contributed by atoms with Crippen molar-refractivity contribution in [3.05, 3.63) is 47.7 Å². The monoisotopic (exact) mass is 409 g/mol. The Morgan fingerprint density at radius 3 is 2.57 bits per heavy atom. The van der Waals surface area contributed by atoms with Crippen LogP contribution in [0.4, 0.5) is 0 Å². The molecule has 1 heterocycles. The van der Waals surface area contributed by atoms with Gasteiger partial charge in [0, 0.05) is 19.2 Å². The fraction of sp³-hybridized carbons (Fsp3) is 0.435. The molecule has 2 aromatic rings. The SMILES string of the molecule is COCCNC(=O)C(NC(=O)c1ccc(-c2ccc(C#N)cc2)o1)C1CCCCC1. The van der Waals surface area contributed by atoms with Gasteiger partial charge in [0.2, 0.25) is 5.91 Å². The summed E-state index contributed by atoms with van der Waals surface area (Å²) in [5.41, 5.74) is 1.33. The van der Waals surface area contributed by atoms with Gasteiger partial charge >= 0.3 is 0 Å². The zero-order valence-electron chi connectivity index (χ0n) is 17.1. The van der Waals surface area contributed by atoms with Crippen molar-refractivity contribution < 1.29 is 18.7 Å². The van der Waals surface area contributed by atoms with Gasteiger partial charge in [-0.2, -0.15) is 5.26 Å². The fourth-order valence-corrected chi connectivity index (χ4v) is 3.79. The Balaban J connectivity index is 1.70. The smallest absolute Gasteiger partial charge is 0.287 e. The van der Waals surface area contributed by atoms with Crippen LogP contribution in [0.25, 0.3) is 11.3 Å². The van der Waals surface area contributed by atoms with Gasteiger partial charge in [0.05, 0.1) is 18.2 Å². The van der Waals surface area contributed by atoms with Crippen molar-refractivity contribution >= 4 is 11.8 Å². The van der Waals surface area contributed by atoms with E-state index in [0.717, 1.165) is 37.7 Å². The number of nitrogens with one attached hydrogen (secondary N) is 2. The molecule has 30 heavy (non-hydrogen) atoms. The molecule has 3 rings (SSSR count). The summed E-state index contributed by atoms with van der Waals surface area (Å²) in [6.07, 6.45) is 5.11. The molecule has 1 saturated carbocycles. The first-order valence-electron chi connectivity index (χ1n) is 10.3. The highest BCUT2D eigenvalue weighted by Crippen LogP contribution is 2.27. The summed E-state index contributed by atoms with van der Waals surface area (Å²) < 4.78 is 10.7. The van der Waals surface area contributed by atoms with Crippen LogP contribution in [0.2, 0.25) is 0 Å². The van der Waals surface area contributed by atoms with E-state index in [1.807, 2.05) is 0 Å². The lowest BCUT2D eigenvalue weighted by Crippen LogP contribution is -2.51. The van der Waals surface area contributed by atoms with Crippen LogP contribution < -0.4 is 10.6 Å². The number of carbonyl (C=O) groups is 2. The average molecular weight is 409 g/mol. The molecule has 0 radical (unpaired) electrons. The van der Waals surface area contributed by atoms with Gasteiger partial charge in [-0.25, -0.2) is 0 Å². The Morgan fingerprint density at radius 1 is 1.17 bits per heavy atom. The molecule has 2 N–H and O–H groups in total. The van der Waals surface area contributed by atoms with E-state index in [1.165, 1.54) is 0 Å². The average Bonchev–Trinajstić information content (AvgIpc) is 3.28. The van der Waals surface area contributed by atoms with Gasteiger partial charge in [0.25, 0.3) is 5.91 Å². The summed E-state index contributed by atoms with van der Waals surface area (Å²) in [5.74, 6) is 0.194. The van der Waals surface area contributed by atoms with Crippen molar-refractivity contribution in [2.24, 2.45) is 5.92 Å². The van der Waals surface area contributed by atoms with Gasteiger partial charge in [-0.1, -0.05) is 19.3 Å². The number of benzene rings is 1. The van der Waals surface area contributed by atoms with E-state index in [1.54, 1.807) is 43.5 Å². The third kappa shape index (κ3) is 5.49. The summed E-state index contributed by atoms with van der Waals surface area (Å²) >= 11 is 0. The van der Waals surface area contributed by atoms with Crippen molar-refractivity contribution in [1.82, 2.24) is 10.6 Å². The normalized spacial score (nSPS) is 15.2. The molecule has 1 atom stereocenters. The molecule has 1 aromatic carbocycles. The van der Waals surface area contributed by atoms with Crippen molar-refractivity contribution in [1.29, 1.82) is 5.26 Å². The highest BCUT2D eigenvalue weighted by atomic mass is 16.5. The lowest BCUT2D eigenvalue weighted by atomic mass is 9.83. The predicted octanol–water partition coefficient (Wildman–Crippen LogP) is 3.26. The van der Waals surface area contributed by atoms with Gasteiger partial charge in [0.1, 0.15) is 11.8 Å². The number of methoxy groups -OCH3 is 1. The highest BCUT2D eigenvalue weighted by molar-refractivity contribution is 5.96. The minimum Gasteiger partial charge on any atom is -0.451 e. The van der Waals surface area contributed by atoms with Crippen LogP contribution in [0, 0.1) is 17.2 Å². The number of furan rings is 1. The lowest BCUT2D eigenvalue weighted by Gasteiger charge is -2.29. The molecule has 158 valence electrons. The van der Waals surface area contributed by atoms with E-state index in [9.17, 15) is 9.59 Å². The molecule has 2 amide bonds. The predicted molar refractivity (Wildman–Crippen MR) is 112 cm³/mol. The number of rotatable bonds is 8. The first kappa shape index (κ1) is 21.6. The summed E-state index contributed by atoms with van der Waals surface area (Å²) in [6, 6.07) is 11.7. The van der Waals surface area contributed by atoms with Gasteiger partial charge in [-0.05, 0) is 55.2 Å². The number of amides is 2. The summed E-state index contributed by atoms with van der Waals surface area (Å²) in [5, 5.41) is 14.6. The lowest BCUT2D eigenvalue weighted by molar-refractivity contribution is -0.124. The Kier molecular flexibility index (Phi) is 7.63.